The van der Waals surface area contributed by atoms with E-state index in [1.165, 1.54) is 40.7 Å². The Bertz CT molecular complexity index is 1180. The van der Waals surface area contributed by atoms with E-state index in [-0.39, 0.29) is 29.1 Å². The minimum atomic E-state index is -3.72. The number of benzene rings is 3. The van der Waals surface area contributed by atoms with E-state index in [2.05, 4.69) is 5.32 Å². The van der Waals surface area contributed by atoms with E-state index in [9.17, 15) is 17.6 Å². The molecule has 1 aliphatic rings. The zero-order valence-electron chi connectivity index (χ0n) is 16.4. The first-order valence-corrected chi connectivity index (χ1v) is 11.0. The number of hydrogen-bond donors (Lipinski definition) is 1. The van der Waals surface area contributed by atoms with Gasteiger partial charge in [0, 0.05) is 24.6 Å². The number of hydrogen-bond acceptors (Lipinski definition) is 3. The van der Waals surface area contributed by atoms with Crippen molar-refractivity contribution in [3.05, 3.63) is 95.3 Å². The smallest absolute Gasteiger partial charge is 0.264 e. The van der Waals surface area contributed by atoms with Crippen molar-refractivity contribution < 1.29 is 17.6 Å². The van der Waals surface area contributed by atoms with Crippen LogP contribution >= 0.6 is 0 Å². The average molecular weight is 424 g/mol. The third kappa shape index (κ3) is 3.80. The minimum Gasteiger partial charge on any atom is -0.348 e. The first-order valence-electron chi connectivity index (χ1n) is 9.60. The fourth-order valence-electron chi connectivity index (χ4n) is 3.60. The summed E-state index contributed by atoms with van der Waals surface area (Å²) in [5.41, 5.74) is 2.83. The van der Waals surface area contributed by atoms with Crippen molar-refractivity contribution in [2.75, 3.05) is 10.8 Å². The number of rotatable bonds is 5. The fraction of sp³-hybridized carbons (Fsp3) is 0.174. The first-order chi connectivity index (χ1) is 14.4. The van der Waals surface area contributed by atoms with Crippen LogP contribution < -0.4 is 9.62 Å². The Kier molecular flexibility index (Phi) is 5.30. The average Bonchev–Trinajstić information content (AvgIpc) is 3.11. The zero-order valence-corrected chi connectivity index (χ0v) is 17.2. The van der Waals surface area contributed by atoms with Gasteiger partial charge < -0.3 is 5.32 Å². The van der Waals surface area contributed by atoms with Gasteiger partial charge in [0.2, 0.25) is 0 Å². The van der Waals surface area contributed by atoms with Crippen molar-refractivity contribution in [3.8, 4) is 0 Å². The van der Waals surface area contributed by atoms with Gasteiger partial charge in [-0.15, -0.1) is 0 Å². The van der Waals surface area contributed by atoms with Crippen LogP contribution in [-0.2, 0) is 16.6 Å². The summed E-state index contributed by atoms with van der Waals surface area (Å²) in [5, 5.41) is 2.75. The lowest BCUT2D eigenvalue weighted by molar-refractivity contribution is 0.0951. The summed E-state index contributed by atoms with van der Waals surface area (Å²) in [6, 6.07) is 19.3. The maximum absolute atomic E-state index is 13.2. The number of anilines is 1. The number of fused-ring (bicyclic) bond motifs is 1. The highest BCUT2D eigenvalue weighted by molar-refractivity contribution is 7.92. The molecule has 0 radical (unpaired) electrons. The lowest BCUT2D eigenvalue weighted by Gasteiger charge is -2.20. The summed E-state index contributed by atoms with van der Waals surface area (Å²) in [7, 11) is -3.72. The molecule has 0 saturated heterocycles. The normalized spacial score (nSPS) is 15.7. The molecule has 0 bridgehead atoms. The second-order valence-electron chi connectivity index (χ2n) is 7.33. The quantitative estimate of drug-likeness (QED) is 0.672. The van der Waals surface area contributed by atoms with Crippen LogP contribution in [-0.4, -0.2) is 20.9 Å². The van der Waals surface area contributed by atoms with Gasteiger partial charge in [0.1, 0.15) is 5.82 Å². The van der Waals surface area contributed by atoms with Crippen LogP contribution in [0.2, 0.25) is 0 Å². The zero-order chi connectivity index (χ0) is 21.3. The highest BCUT2D eigenvalue weighted by atomic mass is 32.2. The summed E-state index contributed by atoms with van der Waals surface area (Å²) in [6.45, 7) is 2.64. The van der Waals surface area contributed by atoms with Crippen molar-refractivity contribution in [3.63, 3.8) is 0 Å². The van der Waals surface area contributed by atoms with Crippen molar-refractivity contribution in [2.45, 2.75) is 24.3 Å². The predicted octanol–water partition coefficient (Wildman–Crippen LogP) is 4.07. The van der Waals surface area contributed by atoms with Gasteiger partial charge in [-0.1, -0.05) is 37.3 Å². The van der Waals surface area contributed by atoms with Crippen LogP contribution in [0.25, 0.3) is 0 Å². The number of sulfonamides is 1. The predicted molar refractivity (Wildman–Crippen MR) is 113 cm³/mol. The number of nitrogens with zero attached hydrogens (tertiary/aromatic N) is 1. The van der Waals surface area contributed by atoms with E-state index in [0.29, 0.717) is 17.8 Å². The molecule has 30 heavy (non-hydrogen) atoms. The third-order valence-corrected chi connectivity index (χ3v) is 7.04. The van der Waals surface area contributed by atoms with Gasteiger partial charge in [0.25, 0.3) is 15.9 Å². The van der Waals surface area contributed by atoms with Crippen LogP contribution in [0.3, 0.4) is 0 Å². The molecule has 0 fully saturated rings. The molecule has 4 rings (SSSR count). The Labute approximate surface area is 175 Å². The Morgan fingerprint density at radius 1 is 1.03 bits per heavy atom. The highest BCUT2D eigenvalue weighted by Crippen LogP contribution is 2.39. The van der Waals surface area contributed by atoms with E-state index in [4.69, 9.17) is 0 Å². The molecule has 154 valence electrons. The highest BCUT2D eigenvalue weighted by Gasteiger charge is 2.34. The maximum atomic E-state index is 13.2. The van der Waals surface area contributed by atoms with E-state index in [0.717, 1.165) is 11.1 Å². The molecular formula is C23H21FN2O3S. The van der Waals surface area contributed by atoms with E-state index in [1.54, 1.807) is 12.1 Å². The Morgan fingerprint density at radius 2 is 1.70 bits per heavy atom. The maximum Gasteiger partial charge on any atom is 0.264 e. The summed E-state index contributed by atoms with van der Waals surface area (Å²) in [5.74, 6) is -0.548. The van der Waals surface area contributed by atoms with Gasteiger partial charge in [-0.25, -0.2) is 12.8 Å². The van der Waals surface area contributed by atoms with Crippen LogP contribution in [0, 0.1) is 5.82 Å². The summed E-state index contributed by atoms with van der Waals surface area (Å²) >= 11 is 0. The third-order valence-electron chi connectivity index (χ3n) is 5.25. The molecule has 1 atom stereocenters. The van der Waals surface area contributed by atoms with Gasteiger partial charge in [0.15, 0.2) is 0 Å². The van der Waals surface area contributed by atoms with Gasteiger partial charge in [-0.05, 0) is 53.6 Å². The summed E-state index contributed by atoms with van der Waals surface area (Å²) in [4.78, 5) is 12.5. The Morgan fingerprint density at radius 3 is 2.40 bits per heavy atom. The molecule has 1 unspecified atom stereocenters. The molecule has 0 spiro atoms. The monoisotopic (exact) mass is 424 g/mol. The standard InChI is InChI=1S/C23H21FN2O3S/c1-16-15-26(22-5-3-2-4-21(16)22)30(28,29)20-12-8-18(9-13-20)23(27)25-14-17-6-10-19(24)11-7-17/h2-13,16H,14-15H2,1H3,(H,25,27). The van der Waals surface area contributed by atoms with E-state index >= 15 is 0 Å². The minimum absolute atomic E-state index is 0.118. The number of halogens is 1. The molecule has 1 aliphatic heterocycles. The topological polar surface area (TPSA) is 66.5 Å². The molecule has 0 saturated carbocycles. The molecule has 0 aromatic heterocycles. The van der Waals surface area contributed by atoms with Gasteiger partial charge in [0.05, 0.1) is 10.6 Å². The van der Waals surface area contributed by atoms with Gasteiger partial charge >= 0.3 is 0 Å². The van der Waals surface area contributed by atoms with Gasteiger partial charge in [-0.2, -0.15) is 0 Å². The number of carbonyl (C=O) groups is 1. The first kappa shape index (κ1) is 20.1. The molecular weight excluding hydrogens is 403 g/mol. The van der Waals surface area contributed by atoms with Crippen LogP contribution in [0.4, 0.5) is 10.1 Å². The van der Waals surface area contributed by atoms with Crippen LogP contribution in [0.5, 0.6) is 0 Å². The molecule has 1 N–H and O–H groups in total. The van der Waals surface area contributed by atoms with Crippen LogP contribution in [0.1, 0.15) is 34.3 Å². The molecule has 0 aliphatic carbocycles. The molecule has 5 nitrogen and oxygen atoms in total. The molecule has 3 aromatic carbocycles. The van der Waals surface area contributed by atoms with Crippen molar-refractivity contribution in [1.82, 2.24) is 5.32 Å². The second-order valence-corrected chi connectivity index (χ2v) is 9.19. The van der Waals surface area contributed by atoms with Crippen molar-refractivity contribution in [1.29, 1.82) is 0 Å². The fourth-order valence-corrected chi connectivity index (χ4v) is 5.18. The SMILES string of the molecule is CC1CN(S(=O)(=O)c2ccc(C(=O)NCc3ccc(F)cc3)cc2)c2ccccc21. The molecule has 1 amide bonds. The summed E-state index contributed by atoms with van der Waals surface area (Å²) in [6.07, 6.45) is 0. The summed E-state index contributed by atoms with van der Waals surface area (Å²) < 4.78 is 40.7. The Balaban J connectivity index is 1.49. The number of nitrogens with one attached hydrogen (secondary N) is 1. The number of amides is 1. The lowest BCUT2D eigenvalue weighted by Crippen LogP contribution is -2.29. The number of para-hydroxylation sites is 1. The van der Waals surface area contributed by atoms with Gasteiger partial charge in [-0.3, -0.25) is 9.10 Å². The Hall–Kier alpha value is -3.19. The number of carbonyl (C=O) groups excluding carboxylic acids is 1. The van der Waals surface area contributed by atoms with Crippen molar-refractivity contribution in [2.24, 2.45) is 0 Å². The molecule has 7 heteroatoms. The largest absolute Gasteiger partial charge is 0.348 e. The van der Waals surface area contributed by atoms with E-state index in [1.807, 2.05) is 31.2 Å². The second kappa shape index (κ2) is 7.91. The molecule has 1 heterocycles. The molecule has 3 aromatic rings. The van der Waals surface area contributed by atoms with E-state index < -0.39 is 10.0 Å². The van der Waals surface area contributed by atoms with Crippen LogP contribution in [0.15, 0.2) is 77.7 Å². The lowest BCUT2D eigenvalue weighted by atomic mass is 10.0. The van der Waals surface area contributed by atoms with Crippen molar-refractivity contribution >= 4 is 21.6 Å².